The van der Waals surface area contributed by atoms with Crippen molar-refractivity contribution >= 4 is 0 Å². The lowest BCUT2D eigenvalue weighted by Gasteiger charge is -2.40. The van der Waals surface area contributed by atoms with Crippen molar-refractivity contribution < 1.29 is 4.74 Å². The van der Waals surface area contributed by atoms with Crippen molar-refractivity contribution in [1.82, 2.24) is 15.1 Å². The van der Waals surface area contributed by atoms with Gasteiger partial charge in [-0.05, 0) is 71.4 Å². The van der Waals surface area contributed by atoms with Gasteiger partial charge in [-0.2, -0.15) is 0 Å². The molecule has 0 atom stereocenters. The fourth-order valence-corrected chi connectivity index (χ4v) is 3.13. The Hall–Kier alpha value is -0.160. The van der Waals surface area contributed by atoms with E-state index in [-0.39, 0.29) is 0 Å². The fraction of sp³-hybridized carbons (Fsp3) is 1.00. The van der Waals surface area contributed by atoms with Crippen LogP contribution in [0.25, 0.3) is 0 Å². The minimum absolute atomic E-state index is 0.403. The third-order valence-electron chi connectivity index (χ3n) is 4.36. The molecule has 1 N–H and O–H groups in total. The van der Waals surface area contributed by atoms with Crippen molar-refractivity contribution in [3.8, 4) is 0 Å². The van der Waals surface area contributed by atoms with Gasteiger partial charge in [-0.15, -0.1) is 0 Å². The minimum Gasteiger partial charge on any atom is -0.381 e. The van der Waals surface area contributed by atoms with Gasteiger partial charge in [-0.1, -0.05) is 13.8 Å². The quantitative estimate of drug-likeness (QED) is 0.667. The molecule has 0 aromatic carbocycles. The predicted octanol–water partition coefficient (Wildman–Crippen LogP) is 1.91. The monoisotopic (exact) mass is 299 g/mol. The summed E-state index contributed by atoms with van der Waals surface area (Å²) in [6.45, 7) is 12.2. The SMILES string of the molecule is CC(C)CNCC1(CN(C)CCCN(C)C)CCOCC1. The Balaban J connectivity index is 2.40. The van der Waals surface area contributed by atoms with E-state index in [4.69, 9.17) is 4.74 Å². The fourth-order valence-electron chi connectivity index (χ4n) is 3.13. The third-order valence-corrected chi connectivity index (χ3v) is 4.36. The molecule has 4 heteroatoms. The molecule has 1 heterocycles. The molecule has 0 amide bonds. The van der Waals surface area contributed by atoms with Gasteiger partial charge in [0, 0.05) is 26.3 Å². The van der Waals surface area contributed by atoms with Gasteiger partial charge in [0.05, 0.1) is 0 Å². The Morgan fingerprint density at radius 1 is 1.10 bits per heavy atom. The van der Waals surface area contributed by atoms with E-state index in [0.29, 0.717) is 5.41 Å². The maximum Gasteiger partial charge on any atom is 0.0472 e. The van der Waals surface area contributed by atoms with Gasteiger partial charge < -0.3 is 19.9 Å². The Labute approximate surface area is 132 Å². The molecule has 0 aliphatic carbocycles. The normalized spacial score (nSPS) is 18.9. The highest BCUT2D eigenvalue weighted by molar-refractivity contribution is 4.87. The Morgan fingerprint density at radius 2 is 1.76 bits per heavy atom. The molecule has 0 aromatic rings. The minimum atomic E-state index is 0.403. The molecule has 1 saturated heterocycles. The predicted molar refractivity (Wildman–Crippen MR) is 90.9 cm³/mol. The van der Waals surface area contributed by atoms with Gasteiger partial charge in [-0.25, -0.2) is 0 Å². The van der Waals surface area contributed by atoms with Gasteiger partial charge in [-0.3, -0.25) is 0 Å². The highest BCUT2D eigenvalue weighted by Crippen LogP contribution is 2.30. The Morgan fingerprint density at radius 3 is 2.33 bits per heavy atom. The first kappa shape index (κ1) is 18.9. The van der Waals surface area contributed by atoms with Crippen LogP contribution in [0.5, 0.6) is 0 Å². The van der Waals surface area contributed by atoms with Crippen LogP contribution in [-0.2, 0) is 4.74 Å². The molecule has 1 aliphatic heterocycles. The number of nitrogens with zero attached hydrogens (tertiary/aromatic N) is 2. The molecule has 1 aliphatic rings. The summed E-state index contributed by atoms with van der Waals surface area (Å²) in [6.07, 6.45) is 3.63. The summed E-state index contributed by atoms with van der Waals surface area (Å²) in [5.41, 5.74) is 0.403. The second-order valence-corrected chi connectivity index (χ2v) is 7.53. The van der Waals surface area contributed by atoms with Crippen LogP contribution in [0.1, 0.15) is 33.1 Å². The lowest BCUT2D eigenvalue weighted by atomic mass is 9.79. The van der Waals surface area contributed by atoms with Crippen molar-refractivity contribution in [3.63, 3.8) is 0 Å². The number of ether oxygens (including phenoxy) is 1. The van der Waals surface area contributed by atoms with E-state index in [1.165, 1.54) is 38.9 Å². The van der Waals surface area contributed by atoms with Crippen LogP contribution in [0.2, 0.25) is 0 Å². The van der Waals surface area contributed by atoms with Gasteiger partial charge in [0.15, 0.2) is 0 Å². The molecule has 0 saturated carbocycles. The molecular formula is C17H37N3O. The molecule has 4 nitrogen and oxygen atoms in total. The van der Waals surface area contributed by atoms with Crippen LogP contribution in [0, 0.1) is 11.3 Å². The average molecular weight is 300 g/mol. The maximum absolute atomic E-state index is 5.59. The third kappa shape index (κ3) is 8.15. The van der Waals surface area contributed by atoms with E-state index in [1.807, 2.05) is 0 Å². The van der Waals surface area contributed by atoms with E-state index in [0.717, 1.165) is 32.2 Å². The molecule has 0 unspecified atom stereocenters. The summed E-state index contributed by atoms with van der Waals surface area (Å²) in [6, 6.07) is 0. The zero-order valence-electron chi connectivity index (χ0n) is 15.0. The van der Waals surface area contributed by atoms with E-state index in [2.05, 4.69) is 50.1 Å². The lowest BCUT2D eigenvalue weighted by molar-refractivity contribution is -0.00106. The molecular weight excluding hydrogens is 262 g/mol. The molecule has 126 valence electrons. The zero-order valence-corrected chi connectivity index (χ0v) is 15.0. The second-order valence-electron chi connectivity index (χ2n) is 7.53. The average Bonchev–Trinajstić information content (AvgIpc) is 2.38. The van der Waals surface area contributed by atoms with Crippen LogP contribution in [0.3, 0.4) is 0 Å². The first-order valence-corrected chi connectivity index (χ1v) is 8.55. The Bertz CT molecular complexity index is 263. The molecule has 0 aromatic heterocycles. The molecule has 21 heavy (non-hydrogen) atoms. The number of rotatable bonds is 10. The van der Waals surface area contributed by atoms with E-state index in [1.54, 1.807) is 0 Å². The largest absolute Gasteiger partial charge is 0.381 e. The summed E-state index contributed by atoms with van der Waals surface area (Å²) in [5, 5.41) is 3.68. The molecule has 1 fully saturated rings. The summed E-state index contributed by atoms with van der Waals surface area (Å²) in [4.78, 5) is 4.79. The van der Waals surface area contributed by atoms with Gasteiger partial charge in [0.25, 0.3) is 0 Å². The number of hydrogen-bond acceptors (Lipinski definition) is 4. The topological polar surface area (TPSA) is 27.7 Å². The molecule has 0 spiro atoms. The standard InChI is InChI=1S/C17H37N3O/c1-16(2)13-18-14-17(7-11-21-12-8-17)15-20(5)10-6-9-19(3)4/h16,18H,6-15H2,1-5H3. The van der Waals surface area contributed by atoms with E-state index >= 15 is 0 Å². The molecule has 1 rings (SSSR count). The van der Waals surface area contributed by atoms with Crippen molar-refractivity contribution in [3.05, 3.63) is 0 Å². The number of hydrogen-bond donors (Lipinski definition) is 1. The van der Waals surface area contributed by atoms with Crippen LogP contribution in [0.4, 0.5) is 0 Å². The Kier molecular flexibility index (Phi) is 8.79. The molecule has 0 bridgehead atoms. The van der Waals surface area contributed by atoms with Gasteiger partial charge in [0.1, 0.15) is 0 Å². The van der Waals surface area contributed by atoms with Crippen molar-refractivity contribution in [2.45, 2.75) is 33.1 Å². The van der Waals surface area contributed by atoms with Crippen molar-refractivity contribution in [2.24, 2.45) is 11.3 Å². The van der Waals surface area contributed by atoms with Crippen LogP contribution in [-0.4, -0.2) is 76.9 Å². The van der Waals surface area contributed by atoms with Gasteiger partial charge >= 0.3 is 0 Å². The highest BCUT2D eigenvalue weighted by atomic mass is 16.5. The van der Waals surface area contributed by atoms with Crippen LogP contribution >= 0.6 is 0 Å². The van der Waals surface area contributed by atoms with Crippen LogP contribution in [0.15, 0.2) is 0 Å². The zero-order chi connectivity index (χ0) is 15.7. The van der Waals surface area contributed by atoms with Gasteiger partial charge in [0.2, 0.25) is 0 Å². The summed E-state index contributed by atoms with van der Waals surface area (Å²) in [7, 11) is 6.57. The highest BCUT2D eigenvalue weighted by Gasteiger charge is 2.33. The van der Waals surface area contributed by atoms with E-state index in [9.17, 15) is 0 Å². The smallest absolute Gasteiger partial charge is 0.0472 e. The summed E-state index contributed by atoms with van der Waals surface area (Å²) in [5.74, 6) is 0.722. The first-order valence-electron chi connectivity index (χ1n) is 8.55. The second kappa shape index (κ2) is 9.78. The first-order chi connectivity index (χ1) is 9.93. The summed E-state index contributed by atoms with van der Waals surface area (Å²) < 4.78 is 5.59. The lowest BCUT2D eigenvalue weighted by Crippen LogP contribution is -2.47. The molecule has 0 radical (unpaired) electrons. The van der Waals surface area contributed by atoms with E-state index < -0.39 is 0 Å². The number of nitrogens with one attached hydrogen (secondary N) is 1. The van der Waals surface area contributed by atoms with Crippen molar-refractivity contribution in [1.29, 1.82) is 0 Å². The maximum atomic E-state index is 5.59. The van der Waals surface area contributed by atoms with Crippen molar-refractivity contribution in [2.75, 3.05) is 67.1 Å². The van der Waals surface area contributed by atoms with Crippen LogP contribution < -0.4 is 5.32 Å². The summed E-state index contributed by atoms with van der Waals surface area (Å²) >= 11 is 0.